The first-order valence-electron chi connectivity index (χ1n) is 9.12. The average molecular weight is 408 g/mol. The fourth-order valence-electron chi connectivity index (χ4n) is 2.82. The molecule has 3 aromatic carbocycles. The molecule has 0 aliphatic rings. The van der Waals surface area contributed by atoms with E-state index in [2.05, 4.69) is 10.6 Å². The summed E-state index contributed by atoms with van der Waals surface area (Å²) in [6.45, 7) is 1.78. The number of ether oxygens (including phenoxy) is 2. The molecule has 0 spiro atoms. The highest BCUT2D eigenvalue weighted by molar-refractivity contribution is 6.08. The molecular formula is C23H21FN2O4. The summed E-state index contributed by atoms with van der Waals surface area (Å²) in [6, 6.07) is 15.6. The van der Waals surface area contributed by atoms with Crippen LogP contribution >= 0.6 is 0 Å². The minimum Gasteiger partial charge on any atom is -0.497 e. The summed E-state index contributed by atoms with van der Waals surface area (Å²) in [5.41, 5.74) is 1.90. The topological polar surface area (TPSA) is 76.7 Å². The predicted octanol–water partition coefficient (Wildman–Crippen LogP) is 4.66. The van der Waals surface area contributed by atoms with E-state index in [-0.39, 0.29) is 11.5 Å². The van der Waals surface area contributed by atoms with Crippen LogP contribution in [0.4, 0.5) is 15.8 Å². The van der Waals surface area contributed by atoms with Gasteiger partial charge < -0.3 is 20.1 Å². The number of nitrogens with one attached hydrogen (secondary N) is 2. The van der Waals surface area contributed by atoms with Gasteiger partial charge in [0, 0.05) is 35.1 Å². The molecule has 0 aliphatic heterocycles. The Morgan fingerprint density at radius 1 is 0.833 bits per heavy atom. The molecule has 0 aliphatic carbocycles. The van der Waals surface area contributed by atoms with Gasteiger partial charge in [-0.15, -0.1) is 0 Å². The van der Waals surface area contributed by atoms with Crippen molar-refractivity contribution >= 4 is 23.2 Å². The van der Waals surface area contributed by atoms with Crippen molar-refractivity contribution in [3.8, 4) is 11.5 Å². The number of rotatable bonds is 6. The third-order valence-corrected chi connectivity index (χ3v) is 4.48. The molecule has 3 aromatic rings. The summed E-state index contributed by atoms with van der Waals surface area (Å²) < 4.78 is 24.3. The Morgan fingerprint density at radius 3 is 2.13 bits per heavy atom. The highest BCUT2D eigenvalue weighted by Crippen LogP contribution is 2.26. The second-order valence-electron chi connectivity index (χ2n) is 6.52. The van der Waals surface area contributed by atoms with Crippen LogP contribution in [0.1, 0.15) is 26.3 Å². The molecule has 2 amide bonds. The van der Waals surface area contributed by atoms with Gasteiger partial charge in [-0.1, -0.05) is 18.2 Å². The Bertz CT molecular complexity index is 1080. The van der Waals surface area contributed by atoms with Crippen molar-refractivity contribution in [1.29, 1.82) is 0 Å². The highest BCUT2D eigenvalue weighted by atomic mass is 19.1. The summed E-state index contributed by atoms with van der Waals surface area (Å²) in [4.78, 5) is 25.1. The maximum atomic E-state index is 13.9. The van der Waals surface area contributed by atoms with E-state index in [0.29, 0.717) is 28.4 Å². The molecule has 154 valence electrons. The number of hydrogen-bond acceptors (Lipinski definition) is 4. The lowest BCUT2D eigenvalue weighted by atomic mass is 10.1. The largest absolute Gasteiger partial charge is 0.497 e. The summed E-state index contributed by atoms with van der Waals surface area (Å²) in [5.74, 6) is -0.524. The molecule has 0 radical (unpaired) electrons. The fourth-order valence-corrected chi connectivity index (χ4v) is 2.82. The first-order chi connectivity index (χ1) is 14.4. The number of carbonyl (C=O) groups is 2. The monoisotopic (exact) mass is 408 g/mol. The highest BCUT2D eigenvalue weighted by Gasteiger charge is 2.15. The van der Waals surface area contributed by atoms with Crippen LogP contribution in [-0.2, 0) is 0 Å². The Kier molecular flexibility index (Phi) is 6.32. The molecule has 6 nitrogen and oxygen atoms in total. The molecule has 0 aromatic heterocycles. The van der Waals surface area contributed by atoms with Gasteiger partial charge >= 0.3 is 0 Å². The van der Waals surface area contributed by atoms with E-state index in [4.69, 9.17) is 9.47 Å². The van der Waals surface area contributed by atoms with Gasteiger partial charge in [-0.25, -0.2) is 4.39 Å². The van der Waals surface area contributed by atoms with E-state index < -0.39 is 11.7 Å². The summed E-state index contributed by atoms with van der Waals surface area (Å²) in [7, 11) is 3.04. The second kappa shape index (κ2) is 9.09. The van der Waals surface area contributed by atoms with Crippen molar-refractivity contribution in [2.75, 3.05) is 24.9 Å². The van der Waals surface area contributed by atoms with E-state index >= 15 is 0 Å². The first-order valence-corrected chi connectivity index (χ1v) is 9.12. The van der Waals surface area contributed by atoms with Crippen molar-refractivity contribution in [3.05, 3.63) is 83.2 Å². The van der Waals surface area contributed by atoms with Gasteiger partial charge in [-0.3, -0.25) is 9.59 Å². The number of benzene rings is 3. The van der Waals surface area contributed by atoms with Gasteiger partial charge in [0.2, 0.25) is 0 Å². The minimum absolute atomic E-state index is 0.0739. The summed E-state index contributed by atoms with van der Waals surface area (Å²) >= 11 is 0. The smallest absolute Gasteiger partial charge is 0.258 e. The van der Waals surface area contributed by atoms with Gasteiger partial charge in [0.05, 0.1) is 19.8 Å². The third kappa shape index (κ3) is 4.75. The molecular weight excluding hydrogens is 387 g/mol. The van der Waals surface area contributed by atoms with Gasteiger partial charge in [-0.2, -0.15) is 0 Å². The summed E-state index contributed by atoms with van der Waals surface area (Å²) in [5, 5.41) is 5.44. The lowest BCUT2D eigenvalue weighted by molar-refractivity contribution is 0.101. The van der Waals surface area contributed by atoms with Crippen molar-refractivity contribution in [1.82, 2.24) is 0 Å². The second-order valence-corrected chi connectivity index (χ2v) is 6.52. The molecule has 0 saturated carbocycles. The molecule has 0 heterocycles. The van der Waals surface area contributed by atoms with Crippen molar-refractivity contribution in [3.63, 3.8) is 0 Å². The molecule has 0 saturated heterocycles. The first kappa shape index (κ1) is 20.9. The van der Waals surface area contributed by atoms with Gasteiger partial charge in [0.25, 0.3) is 11.8 Å². The zero-order chi connectivity index (χ0) is 21.7. The standard InChI is InChI=1S/C23H21FN2O4/c1-14-8-9-15(10-21(14)26-23(28)19-6-4-5-7-20(19)24)22(27)25-16-11-17(29-2)13-18(12-16)30-3/h4-13H,1-3H3,(H,25,27)(H,26,28). The normalized spacial score (nSPS) is 10.3. The van der Waals surface area contributed by atoms with E-state index in [1.807, 2.05) is 0 Å². The molecule has 30 heavy (non-hydrogen) atoms. The number of amides is 2. The van der Waals surface area contributed by atoms with Crippen molar-refractivity contribution in [2.45, 2.75) is 6.92 Å². The van der Waals surface area contributed by atoms with Crippen LogP contribution in [0.15, 0.2) is 60.7 Å². The number of carbonyl (C=O) groups excluding carboxylic acids is 2. The van der Waals surface area contributed by atoms with Crippen LogP contribution in [0.25, 0.3) is 0 Å². The van der Waals surface area contributed by atoms with Crippen LogP contribution in [0.5, 0.6) is 11.5 Å². The maximum absolute atomic E-state index is 13.9. The lowest BCUT2D eigenvalue weighted by Gasteiger charge is -2.12. The SMILES string of the molecule is COc1cc(NC(=O)c2ccc(C)c(NC(=O)c3ccccc3F)c2)cc(OC)c1. The Balaban J connectivity index is 1.82. The van der Waals surface area contributed by atoms with E-state index in [9.17, 15) is 14.0 Å². The number of hydrogen-bond donors (Lipinski definition) is 2. The van der Waals surface area contributed by atoms with Gasteiger partial charge in [-0.05, 0) is 36.8 Å². The average Bonchev–Trinajstić information content (AvgIpc) is 2.75. The number of anilines is 2. The molecule has 0 bridgehead atoms. The van der Waals surface area contributed by atoms with Crippen LogP contribution in [0.2, 0.25) is 0 Å². The van der Waals surface area contributed by atoms with E-state index in [1.165, 1.54) is 32.4 Å². The van der Waals surface area contributed by atoms with E-state index in [1.54, 1.807) is 49.4 Å². The molecule has 3 rings (SSSR count). The fraction of sp³-hybridized carbons (Fsp3) is 0.130. The maximum Gasteiger partial charge on any atom is 0.258 e. The number of aryl methyl sites for hydroxylation is 1. The lowest BCUT2D eigenvalue weighted by Crippen LogP contribution is -2.16. The van der Waals surface area contributed by atoms with Crippen LogP contribution in [-0.4, -0.2) is 26.0 Å². The van der Waals surface area contributed by atoms with Gasteiger partial charge in [0.15, 0.2) is 0 Å². The molecule has 0 atom stereocenters. The Labute approximate surface area is 173 Å². The quantitative estimate of drug-likeness (QED) is 0.622. The third-order valence-electron chi connectivity index (χ3n) is 4.48. The number of halogens is 1. The van der Waals surface area contributed by atoms with Crippen LogP contribution in [0.3, 0.4) is 0 Å². The minimum atomic E-state index is -0.617. The molecule has 7 heteroatoms. The molecule has 2 N–H and O–H groups in total. The predicted molar refractivity (Wildman–Crippen MR) is 113 cm³/mol. The zero-order valence-corrected chi connectivity index (χ0v) is 16.8. The Morgan fingerprint density at radius 2 is 1.50 bits per heavy atom. The summed E-state index contributed by atoms with van der Waals surface area (Å²) in [6.07, 6.45) is 0. The Hall–Kier alpha value is -3.87. The van der Waals surface area contributed by atoms with Crippen LogP contribution in [0, 0.1) is 12.7 Å². The van der Waals surface area contributed by atoms with Crippen LogP contribution < -0.4 is 20.1 Å². The van der Waals surface area contributed by atoms with Crippen molar-refractivity contribution in [2.24, 2.45) is 0 Å². The van der Waals surface area contributed by atoms with Crippen molar-refractivity contribution < 1.29 is 23.5 Å². The van der Waals surface area contributed by atoms with Gasteiger partial charge in [0.1, 0.15) is 17.3 Å². The number of methoxy groups -OCH3 is 2. The molecule has 0 fully saturated rings. The van der Waals surface area contributed by atoms with E-state index in [0.717, 1.165) is 5.56 Å². The zero-order valence-electron chi connectivity index (χ0n) is 16.8. The molecule has 0 unspecified atom stereocenters.